The summed E-state index contributed by atoms with van der Waals surface area (Å²) < 4.78 is 5.06. The Morgan fingerprint density at radius 3 is 2.08 bits per heavy atom. The van der Waals surface area contributed by atoms with Crippen LogP contribution < -0.4 is 10.6 Å². The lowest BCUT2D eigenvalue weighted by molar-refractivity contribution is -0.148. The fourth-order valence-electron chi connectivity index (χ4n) is 3.06. The van der Waals surface area contributed by atoms with Gasteiger partial charge in [-0.15, -0.1) is 0 Å². The van der Waals surface area contributed by atoms with E-state index < -0.39 is 5.97 Å². The van der Waals surface area contributed by atoms with E-state index in [1.54, 1.807) is 24.3 Å². The number of amides is 2. The van der Waals surface area contributed by atoms with Gasteiger partial charge in [-0.05, 0) is 43.4 Å². The van der Waals surface area contributed by atoms with Gasteiger partial charge in [-0.2, -0.15) is 0 Å². The summed E-state index contributed by atoms with van der Waals surface area (Å²) in [6.07, 6.45) is 0.874. The molecule has 0 fully saturated rings. The van der Waals surface area contributed by atoms with E-state index in [9.17, 15) is 14.4 Å². The van der Waals surface area contributed by atoms with Crippen LogP contribution in [0.3, 0.4) is 0 Å². The molecule has 0 unspecified atom stereocenters. The first kappa shape index (κ1) is 21.7. The zero-order valence-corrected chi connectivity index (χ0v) is 16.6. The second kappa shape index (κ2) is 8.83. The molecule has 6 heteroatoms. The van der Waals surface area contributed by atoms with E-state index >= 15 is 0 Å². The van der Waals surface area contributed by atoms with Gasteiger partial charge in [-0.3, -0.25) is 14.4 Å². The minimum atomic E-state index is -0.471. The predicted octanol–water partition coefficient (Wildman–Crippen LogP) is 3.06. The Kier molecular flexibility index (Phi) is 7.36. The summed E-state index contributed by atoms with van der Waals surface area (Å²) in [5.74, 6) is -0.938. The van der Waals surface area contributed by atoms with E-state index in [1.807, 2.05) is 13.8 Å². The van der Waals surface area contributed by atoms with Gasteiger partial charge in [0, 0.05) is 18.2 Å². The summed E-state index contributed by atoms with van der Waals surface area (Å²) >= 11 is 0. The highest BCUT2D eigenvalue weighted by atomic mass is 16.5. The number of hydrogen-bond acceptors (Lipinski definition) is 4. The maximum Gasteiger partial charge on any atom is 0.310 e. The van der Waals surface area contributed by atoms with Crippen molar-refractivity contribution < 1.29 is 19.1 Å². The highest BCUT2D eigenvalue weighted by molar-refractivity contribution is 5.88. The minimum Gasteiger partial charge on any atom is -0.455 e. The number of esters is 1. The molecule has 0 bridgehead atoms. The molecule has 144 valence electrons. The Morgan fingerprint density at radius 1 is 1.00 bits per heavy atom. The molecule has 0 aromatic heterocycles. The number of carbonyl (C=O) groups excluding carboxylic acids is 3. The maximum absolute atomic E-state index is 12.0. The van der Waals surface area contributed by atoms with E-state index in [4.69, 9.17) is 4.74 Å². The van der Waals surface area contributed by atoms with E-state index in [1.165, 1.54) is 6.92 Å². The molecule has 0 saturated heterocycles. The molecule has 26 heavy (non-hydrogen) atoms. The zero-order chi connectivity index (χ0) is 20.0. The zero-order valence-electron chi connectivity index (χ0n) is 16.6. The Hall–Kier alpha value is -2.37. The fourth-order valence-corrected chi connectivity index (χ4v) is 3.06. The molecule has 0 heterocycles. The quantitative estimate of drug-likeness (QED) is 0.730. The highest BCUT2D eigenvalue weighted by Gasteiger charge is 2.27. The van der Waals surface area contributed by atoms with Crippen molar-refractivity contribution in [2.24, 2.45) is 5.41 Å². The standard InChI is InChI=1S/C20H30N2O4/c1-14(23)21-16-9-7-15(8-10-16)11-18(25)26-12-17(24)22-20(5,6)13-19(2,3)4/h7-10H,11-13H2,1-6H3,(H,21,23)(H,22,24). The summed E-state index contributed by atoms with van der Waals surface area (Å²) in [5.41, 5.74) is 1.12. The SMILES string of the molecule is CC(=O)Nc1ccc(CC(=O)OCC(=O)NC(C)(C)CC(C)(C)C)cc1. The Balaban J connectivity index is 2.44. The van der Waals surface area contributed by atoms with Gasteiger partial charge in [0.05, 0.1) is 6.42 Å². The van der Waals surface area contributed by atoms with Crippen LogP contribution in [-0.2, 0) is 25.5 Å². The smallest absolute Gasteiger partial charge is 0.310 e. The van der Waals surface area contributed by atoms with Crippen LogP contribution in [0.15, 0.2) is 24.3 Å². The molecule has 0 aliphatic carbocycles. The van der Waals surface area contributed by atoms with Gasteiger partial charge >= 0.3 is 5.97 Å². The molecule has 0 aliphatic heterocycles. The molecule has 1 aromatic carbocycles. The molecule has 0 atom stereocenters. The molecule has 1 rings (SSSR count). The lowest BCUT2D eigenvalue weighted by Crippen LogP contribution is -2.47. The first-order chi connectivity index (χ1) is 11.9. The van der Waals surface area contributed by atoms with Crippen molar-refractivity contribution in [3.8, 4) is 0 Å². The summed E-state index contributed by atoms with van der Waals surface area (Å²) in [6, 6.07) is 6.90. The second-order valence-corrected chi connectivity index (χ2v) is 8.39. The van der Waals surface area contributed by atoms with Crippen LogP contribution in [0.25, 0.3) is 0 Å². The van der Waals surface area contributed by atoms with Crippen LogP contribution in [-0.4, -0.2) is 29.9 Å². The third-order valence-corrected chi connectivity index (χ3v) is 3.44. The molecule has 0 saturated carbocycles. The number of carbonyl (C=O) groups is 3. The van der Waals surface area contributed by atoms with Crippen molar-refractivity contribution in [2.45, 2.75) is 59.9 Å². The molecule has 2 amide bonds. The van der Waals surface area contributed by atoms with Crippen LogP contribution in [0, 0.1) is 5.41 Å². The molecule has 0 spiro atoms. The molecular formula is C20H30N2O4. The van der Waals surface area contributed by atoms with Crippen LogP contribution in [0.4, 0.5) is 5.69 Å². The van der Waals surface area contributed by atoms with Crippen molar-refractivity contribution in [2.75, 3.05) is 11.9 Å². The van der Waals surface area contributed by atoms with E-state index in [0.29, 0.717) is 5.69 Å². The van der Waals surface area contributed by atoms with E-state index in [-0.39, 0.29) is 35.8 Å². The highest BCUT2D eigenvalue weighted by Crippen LogP contribution is 2.26. The van der Waals surface area contributed by atoms with Gasteiger partial charge < -0.3 is 15.4 Å². The number of ether oxygens (including phenoxy) is 1. The summed E-state index contributed by atoms with van der Waals surface area (Å²) in [6.45, 7) is 11.4. The van der Waals surface area contributed by atoms with Crippen molar-refractivity contribution in [3.05, 3.63) is 29.8 Å². The fraction of sp³-hybridized carbons (Fsp3) is 0.550. The van der Waals surface area contributed by atoms with Crippen molar-refractivity contribution in [1.82, 2.24) is 5.32 Å². The molecule has 0 aliphatic rings. The van der Waals surface area contributed by atoms with Gasteiger partial charge in [-0.1, -0.05) is 32.9 Å². The van der Waals surface area contributed by atoms with Crippen LogP contribution in [0.1, 0.15) is 53.5 Å². The molecule has 0 radical (unpaired) electrons. The Morgan fingerprint density at radius 2 is 1.58 bits per heavy atom. The maximum atomic E-state index is 12.0. The van der Waals surface area contributed by atoms with Crippen molar-refractivity contribution in [3.63, 3.8) is 0 Å². The molecule has 6 nitrogen and oxygen atoms in total. The third-order valence-electron chi connectivity index (χ3n) is 3.44. The van der Waals surface area contributed by atoms with Gasteiger partial charge in [-0.25, -0.2) is 0 Å². The number of benzene rings is 1. The van der Waals surface area contributed by atoms with Gasteiger partial charge in [0.25, 0.3) is 5.91 Å². The summed E-state index contributed by atoms with van der Waals surface area (Å²) in [4.78, 5) is 34.9. The topological polar surface area (TPSA) is 84.5 Å². The lowest BCUT2D eigenvalue weighted by atomic mass is 9.82. The predicted molar refractivity (Wildman–Crippen MR) is 102 cm³/mol. The first-order valence-corrected chi connectivity index (χ1v) is 8.69. The number of rotatable bonds is 7. The van der Waals surface area contributed by atoms with Crippen LogP contribution in [0.5, 0.6) is 0 Å². The number of anilines is 1. The normalized spacial score (nSPS) is 11.6. The van der Waals surface area contributed by atoms with Crippen LogP contribution >= 0.6 is 0 Å². The third kappa shape index (κ3) is 9.20. The monoisotopic (exact) mass is 362 g/mol. The second-order valence-electron chi connectivity index (χ2n) is 8.39. The average molecular weight is 362 g/mol. The van der Waals surface area contributed by atoms with Gasteiger partial charge in [0.15, 0.2) is 6.61 Å². The molecule has 2 N–H and O–H groups in total. The first-order valence-electron chi connectivity index (χ1n) is 8.69. The summed E-state index contributed by atoms with van der Waals surface area (Å²) in [7, 11) is 0. The molecule has 1 aromatic rings. The number of hydrogen-bond donors (Lipinski definition) is 2. The Labute approximate surface area is 155 Å². The minimum absolute atomic E-state index is 0.0685. The van der Waals surface area contributed by atoms with Crippen molar-refractivity contribution >= 4 is 23.5 Å². The van der Waals surface area contributed by atoms with Gasteiger partial charge in [0.2, 0.25) is 5.91 Å². The van der Waals surface area contributed by atoms with Crippen molar-refractivity contribution in [1.29, 1.82) is 0 Å². The molecular weight excluding hydrogens is 332 g/mol. The summed E-state index contributed by atoms with van der Waals surface area (Å²) in [5, 5.41) is 5.56. The largest absolute Gasteiger partial charge is 0.455 e. The van der Waals surface area contributed by atoms with E-state index in [0.717, 1.165) is 12.0 Å². The Bertz CT molecular complexity index is 643. The van der Waals surface area contributed by atoms with Crippen LogP contribution in [0.2, 0.25) is 0 Å². The average Bonchev–Trinajstić information content (AvgIpc) is 2.43. The number of nitrogens with one attached hydrogen (secondary N) is 2. The lowest BCUT2D eigenvalue weighted by Gasteiger charge is -2.33. The van der Waals surface area contributed by atoms with Gasteiger partial charge in [0.1, 0.15) is 0 Å². The van der Waals surface area contributed by atoms with E-state index in [2.05, 4.69) is 31.4 Å².